The molecule has 6 N–H and O–H groups in total. The lowest BCUT2D eigenvalue weighted by atomic mass is 9.94. The number of fused-ring (bicyclic) bond motifs is 8. The number of carbonyl (C=O) groups is 4. The summed E-state index contributed by atoms with van der Waals surface area (Å²) in [6.07, 6.45) is 4.04. The van der Waals surface area contributed by atoms with Crippen molar-refractivity contribution in [3.63, 3.8) is 0 Å². The molecule has 2 aromatic heterocycles. The molecular formula is C40H48F2N8O4S2. The lowest BCUT2D eigenvalue weighted by Gasteiger charge is -2.32. The molecule has 16 heteroatoms. The second kappa shape index (κ2) is 15.7. The van der Waals surface area contributed by atoms with Crippen molar-refractivity contribution >= 4 is 67.0 Å². The fourth-order valence-electron chi connectivity index (χ4n) is 9.14. The molecule has 0 aliphatic carbocycles. The van der Waals surface area contributed by atoms with Crippen LogP contribution in [0.3, 0.4) is 0 Å². The van der Waals surface area contributed by atoms with Crippen LogP contribution in [0.2, 0.25) is 0 Å². The second-order valence-corrected chi connectivity index (χ2v) is 18.2. The summed E-state index contributed by atoms with van der Waals surface area (Å²) in [6, 6.07) is 5.86. The van der Waals surface area contributed by atoms with Gasteiger partial charge in [0, 0.05) is 60.5 Å². The van der Waals surface area contributed by atoms with E-state index in [1.165, 1.54) is 33.7 Å². The summed E-state index contributed by atoms with van der Waals surface area (Å²) in [6.45, 7) is 5.22. The van der Waals surface area contributed by atoms with E-state index in [1.54, 1.807) is 26.0 Å². The van der Waals surface area contributed by atoms with Gasteiger partial charge in [0.1, 0.15) is 23.7 Å². The Morgan fingerprint density at radius 1 is 0.696 bits per heavy atom. The molecule has 1 unspecified atom stereocenters. The molecule has 0 bridgehead atoms. The van der Waals surface area contributed by atoms with Crippen molar-refractivity contribution in [1.82, 2.24) is 29.6 Å². The molecule has 4 aromatic rings. The average molecular weight is 807 g/mol. The molecule has 4 amide bonds. The Bertz CT molecular complexity index is 2070. The fraction of sp³-hybridized carbons (Fsp3) is 0.500. The Labute approximate surface area is 331 Å². The van der Waals surface area contributed by atoms with Crippen LogP contribution in [0.25, 0.3) is 33.2 Å². The third-order valence-electron chi connectivity index (χ3n) is 11.8. The highest BCUT2D eigenvalue weighted by molar-refractivity contribution is 8.76. The van der Waals surface area contributed by atoms with E-state index in [0.29, 0.717) is 39.0 Å². The first-order valence-corrected chi connectivity index (χ1v) is 22.0. The number of amides is 4. The van der Waals surface area contributed by atoms with E-state index in [-0.39, 0.29) is 47.0 Å². The van der Waals surface area contributed by atoms with Gasteiger partial charge in [-0.15, -0.1) is 0 Å². The van der Waals surface area contributed by atoms with Gasteiger partial charge in [-0.2, -0.15) is 0 Å². The van der Waals surface area contributed by atoms with Gasteiger partial charge in [0.2, 0.25) is 23.6 Å². The number of benzene rings is 2. The molecule has 4 aliphatic heterocycles. The van der Waals surface area contributed by atoms with Crippen LogP contribution in [0.4, 0.5) is 8.78 Å². The van der Waals surface area contributed by atoms with E-state index < -0.39 is 36.0 Å². The highest BCUT2D eigenvalue weighted by atomic mass is 33.1. The van der Waals surface area contributed by atoms with Crippen LogP contribution >= 0.6 is 21.6 Å². The lowest BCUT2D eigenvalue weighted by Crippen LogP contribution is -2.54. The lowest BCUT2D eigenvalue weighted by molar-refractivity contribution is -0.136. The van der Waals surface area contributed by atoms with Gasteiger partial charge in [-0.3, -0.25) is 19.2 Å². The molecule has 6 heterocycles. The predicted octanol–water partition coefficient (Wildman–Crippen LogP) is 3.68. The molecule has 298 valence electrons. The van der Waals surface area contributed by atoms with E-state index in [2.05, 4.69) is 19.8 Å². The molecule has 2 aromatic carbocycles. The zero-order valence-corrected chi connectivity index (χ0v) is 33.2. The molecular weight excluding hydrogens is 759 g/mol. The summed E-state index contributed by atoms with van der Waals surface area (Å²) >= 11 is 0. The van der Waals surface area contributed by atoms with Gasteiger partial charge in [-0.1, -0.05) is 21.6 Å². The minimum absolute atomic E-state index is 0.199. The number of hydrogen-bond acceptors (Lipinski definition) is 8. The Kier molecular flexibility index (Phi) is 10.8. The van der Waals surface area contributed by atoms with Gasteiger partial charge in [0.25, 0.3) is 0 Å². The molecule has 2 fully saturated rings. The second-order valence-electron chi connectivity index (χ2n) is 15.6. The van der Waals surface area contributed by atoms with Crippen LogP contribution in [0.1, 0.15) is 50.7 Å². The maximum absolute atomic E-state index is 15.1. The van der Waals surface area contributed by atoms with E-state index in [4.69, 9.17) is 11.5 Å². The zero-order chi connectivity index (χ0) is 39.4. The molecule has 8 rings (SSSR count). The third-order valence-corrected chi connectivity index (χ3v) is 14.3. The van der Waals surface area contributed by atoms with Gasteiger partial charge in [0.05, 0.1) is 34.5 Å². The third kappa shape index (κ3) is 7.06. The monoisotopic (exact) mass is 806 g/mol. The molecule has 56 heavy (non-hydrogen) atoms. The topological polar surface area (TPSA) is 161 Å². The zero-order valence-electron chi connectivity index (χ0n) is 31.6. The van der Waals surface area contributed by atoms with Gasteiger partial charge < -0.3 is 41.0 Å². The number of nitrogens with zero attached hydrogens (tertiary/aromatic N) is 4. The van der Waals surface area contributed by atoms with E-state index in [1.807, 2.05) is 21.9 Å². The maximum atomic E-state index is 15.1. The Morgan fingerprint density at radius 3 is 1.50 bits per heavy atom. The number of carbonyl (C=O) groups excluding carboxylic acids is 4. The summed E-state index contributed by atoms with van der Waals surface area (Å²) in [5.41, 5.74) is 17.2. The summed E-state index contributed by atoms with van der Waals surface area (Å²) in [5, 5.41) is 7.54. The number of aryl methyl sites for hydroxylation is 2. The number of nitrogens with one attached hydrogen (secondary N) is 2. The fourth-order valence-corrected chi connectivity index (χ4v) is 11.5. The number of aromatic nitrogens is 2. The normalized spacial score (nSPS) is 24.3. The van der Waals surface area contributed by atoms with Gasteiger partial charge >= 0.3 is 0 Å². The minimum atomic E-state index is -0.890. The summed E-state index contributed by atoms with van der Waals surface area (Å²) in [7, 11) is 2.70. The van der Waals surface area contributed by atoms with Crippen molar-refractivity contribution in [3.8, 4) is 11.4 Å². The predicted molar refractivity (Wildman–Crippen MR) is 216 cm³/mol. The number of nitrogens with two attached hydrogens (primary N) is 2. The number of rotatable bonds is 4. The maximum Gasteiger partial charge on any atom is 0.246 e. The first kappa shape index (κ1) is 38.7. The molecule has 0 saturated carbocycles. The summed E-state index contributed by atoms with van der Waals surface area (Å²) in [4.78, 5) is 58.6. The van der Waals surface area contributed by atoms with Crippen molar-refractivity contribution in [2.45, 2.75) is 102 Å². The highest BCUT2D eigenvalue weighted by Gasteiger charge is 2.40. The highest BCUT2D eigenvalue weighted by Crippen LogP contribution is 2.45. The minimum Gasteiger partial charge on any atom is -0.342 e. The van der Waals surface area contributed by atoms with E-state index in [9.17, 15) is 19.2 Å². The molecule has 2 saturated heterocycles. The van der Waals surface area contributed by atoms with Gasteiger partial charge in [-0.25, -0.2) is 8.78 Å². The quantitative estimate of drug-likeness (QED) is 0.228. The van der Waals surface area contributed by atoms with Crippen molar-refractivity contribution in [3.05, 3.63) is 59.2 Å². The molecule has 4 aliphatic rings. The molecule has 12 nitrogen and oxygen atoms in total. The molecule has 0 radical (unpaired) electrons. The smallest absolute Gasteiger partial charge is 0.246 e. The van der Waals surface area contributed by atoms with Crippen LogP contribution in [-0.4, -0.2) is 103 Å². The SMILES string of the molecule is C[C@H](N)C(=O)NC1CSSC[C@@H](NC(=O)[C@H](C)N)C(=O)N2CCC[C@H]2Cc2c3n(c4cc(F)ccc24)CCn2c-3c(c3ccc(F)cc32)C[C@@H]2CCCN2C1=O. The van der Waals surface area contributed by atoms with Crippen LogP contribution in [-0.2, 0) is 45.1 Å². The molecule has 6 atom stereocenters. The van der Waals surface area contributed by atoms with Crippen molar-refractivity contribution in [1.29, 1.82) is 0 Å². The first-order valence-electron chi connectivity index (χ1n) is 19.5. The first-order chi connectivity index (χ1) is 26.9. The number of halogens is 2. The van der Waals surface area contributed by atoms with Gasteiger partial charge in [0.15, 0.2) is 0 Å². The van der Waals surface area contributed by atoms with Crippen molar-refractivity contribution in [2.75, 3.05) is 24.6 Å². The van der Waals surface area contributed by atoms with Crippen molar-refractivity contribution < 1.29 is 28.0 Å². The number of hydrogen-bond donors (Lipinski definition) is 4. The van der Waals surface area contributed by atoms with Crippen LogP contribution in [0.15, 0.2) is 36.4 Å². The van der Waals surface area contributed by atoms with E-state index >= 15 is 8.78 Å². The standard InChI is InChI=1S/C40H48F2N8O4S2/c1-21(43)37(51)45-31-19-55-56-20-32(46-38(52)22(2)44)40(54)48-12-4-6-26(48)18-30-28-10-8-24(42)16-34(28)50-14-13-49-33-15-23(41)7-9-27(33)29(35(49)36(30)50)17-25-5-3-11-47(25)39(31)53/h7-10,15-16,21-22,25-26,31-32H,3-6,11-14,17-20,43-44H2,1-2H3,(H,45,51)(H,46,52)/t21-,22-,25-,26-,31+,32?/m0/s1. The van der Waals surface area contributed by atoms with Crippen LogP contribution in [0, 0.1) is 11.6 Å². The average Bonchev–Trinajstić information content (AvgIpc) is 3.96. The Morgan fingerprint density at radius 2 is 1.11 bits per heavy atom. The Balaban J connectivity index is 1.30. The molecule has 0 spiro atoms. The Hall–Kier alpha value is -4.12. The van der Waals surface area contributed by atoms with Crippen LogP contribution in [0.5, 0.6) is 0 Å². The largest absolute Gasteiger partial charge is 0.342 e. The summed E-state index contributed by atoms with van der Waals surface area (Å²) < 4.78 is 34.4. The van der Waals surface area contributed by atoms with Crippen LogP contribution < -0.4 is 22.1 Å². The summed E-state index contributed by atoms with van der Waals surface area (Å²) in [5.74, 6) is -1.62. The van der Waals surface area contributed by atoms with Crippen molar-refractivity contribution in [2.24, 2.45) is 11.5 Å². The van der Waals surface area contributed by atoms with E-state index in [0.717, 1.165) is 70.0 Å². The van der Waals surface area contributed by atoms with Gasteiger partial charge in [-0.05, 0) is 99.9 Å².